The van der Waals surface area contributed by atoms with Crippen LogP contribution in [0.5, 0.6) is 0 Å². The van der Waals surface area contributed by atoms with Gasteiger partial charge in [-0.05, 0) is 43.9 Å². The third kappa shape index (κ3) is 4.14. The molecule has 1 aromatic carbocycles. The van der Waals surface area contributed by atoms with Crippen LogP contribution in [0.1, 0.15) is 31.7 Å². The molecule has 3 rings (SSSR count). The van der Waals surface area contributed by atoms with Gasteiger partial charge in [-0.25, -0.2) is 14.5 Å². The van der Waals surface area contributed by atoms with Crippen LogP contribution in [-0.4, -0.2) is 26.8 Å². The summed E-state index contributed by atoms with van der Waals surface area (Å²) in [5, 5.41) is 10.9. The van der Waals surface area contributed by atoms with E-state index in [-0.39, 0.29) is 12.1 Å². The smallest absolute Gasteiger partial charge is 0.319 e. The van der Waals surface area contributed by atoms with Crippen molar-refractivity contribution in [3.63, 3.8) is 0 Å². The van der Waals surface area contributed by atoms with E-state index >= 15 is 0 Å². The molecular formula is C15H17Cl2N5O. The minimum Gasteiger partial charge on any atom is -0.335 e. The molecule has 0 radical (unpaired) electrons. The maximum Gasteiger partial charge on any atom is 0.319 e. The molecule has 0 unspecified atom stereocenters. The summed E-state index contributed by atoms with van der Waals surface area (Å²) < 4.78 is 1.89. The van der Waals surface area contributed by atoms with Crippen LogP contribution in [0.2, 0.25) is 10.0 Å². The molecule has 122 valence electrons. The van der Waals surface area contributed by atoms with Crippen molar-refractivity contribution in [2.24, 2.45) is 0 Å². The molecule has 2 aromatic rings. The van der Waals surface area contributed by atoms with Gasteiger partial charge >= 0.3 is 6.03 Å². The standard InChI is InChI=1S/C15H17Cl2N5O/c16-10-1-6-14(13(17)7-10)21-15(23)20-11-2-4-12(5-3-11)22-9-18-8-19-22/h1,6-9,11-12H,2-5H2,(H2,20,21,23). The monoisotopic (exact) mass is 353 g/mol. The number of hydrogen-bond acceptors (Lipinski definition) is 3. The minimum atomic E-state index is -0.251. The summed E-state index contributed by atoms with van der Waals surface area (Å²) in [6.07, 6.45) is 7.05. The summed E-state index contributed by atoms with van der Waals surface area (Å²) in [6.45, 7) is 0. The topological polar surface area (TPSA) is 71.8 Å². The van der Waals surface area contributed by atoms with Crippen molar-refractivity contribution < 1.29 is 4.79 Å². The average Bonchev–Trinajstić information content (AvgIpc) is 3.05. The maximum atomic E-state index is 12.1. The largest absolute Gasteiger partial charge is 0.335 e. The Morgan fingerprint density at radius 1 is 1.22 bits per heavy atom. The molecule has 0 saturated heterocycles. The fourth-order valence-corrected chi connectivity index (χ4v) is 3.28. The fraction of sp³-hybridized carbons (Fsp3) is 0.400. The number of carbonyl (C=O) groups is 1. The van der Waals surface area contributed by atoms with E-state index in [0.717, 1.165) is 25.7 Å². The number of rotatable bonds is 3. The highest BCUT2D eigenvalue weighted by molar-refractivity contribution is 6.36. The quantitative estimate of drug-likeness (QED) is 0.878. The second-order valence-corrected chi connectivity index (χ2v) is 6.45. The zero-order chi connectivity index (χ0) is 16.2. The lowest BCUT2D eigenvalue weighted by Crippen LogP contribution is -2.40. The Hall–Kier alpha value is -1.79. The van der Waals surface area contributed by atoms with Crippen molar-refractivity contribution in [2.45, 2.75) is 37.8 Å². The number of halogens is 2. The molecule has 1 fully saturated rings. The van der Waals surface area contributed by atoms with Crippen LogP contribution in [-0.2, 0) is 0 Å². The van der Waals surface area contributed by atoms with Crippen LogP contribution >= 0.6 is 23.2 Å². The van der Waals surface area contributed by atoms with Crippen LogP contribution in [0.15, 0.2) is 30.9 Å². The number of anilines is 1. The Morgan fingerprint density at radius 3 is 2.65 bits per heavy atom. The van der Waals surface area contributed by atoms with Crippen molar-refractivity contribution >= 4 is 34.9 Å². The highest BCUT2D eigenvalue weighted by Gasteiger charge is 2.24. The van der Waals surface area contributed by atoms with Gasteiger partial charge in [-0.1, -0.05) is 23.2 Å². The maximum absolute atomic E-state index is 12.1. The van der Waals surface area contributed by atoms with Crippen LogP contribution in [0.3, 0.4) is 0 Å². The van der Waals surface area contributed by atoms with E-state index in [0.29, 0.717) is 21.8 Å². The summed E-state index contributed by atoms with van der Waals surface area (Å²) in [5.41, 5.74) is 0.546. The number of nitrogens with zero attached hydrogens (tertiary/aromatic N) is 3. The molecule has 1 aliphatic carbocycles. The number of carbonyl (C=O) groups excluding carboxylic acids is 1. The predicted molar refractivity (Wildman–Crippen MR) is 89.9 cm³/mol. The van der Waals surface area contributed by atoms with E-state index in [9.17, 15) is 4.79 Å². The summed E-state index contributed by atoms with van der Waals surface area (Å²) in [6, 6.07) is 5.24. The van der Waals surface area contributed by atoms with Gasteiger partial charge in [0.2, 0.25) is 0 Å². The Labute approximate surface area is 144 Å². The van der Waals surface area contributed by atoms with Crippen molar-refractivity contribution in [2.75, 3.05) is 5.32 Å². The number of amides is 2. The Morgan fingerprint density at radius 2 is 2.00 bits per heavy atom. The van der Waals surface area contributed by atoms with Gasteiger partial charge < -0.3 is 10.6 Å². The summed E-state index contributed by atoms with van der Waals surface area (Å²) in [7, 11) is 0. The van der Waals surface area contributed by atoms with Crippen LogP contribution in [0.25, 0.3) is 0 Å². The lowest BCUT2D eigenvalue weighted by molar-refractivity contribution is 0.235. The predicted octanol–water partition coefficient (Wildman–Crippen LogP) is 3.89. The fourth-order valence-electron chi connectivity index (χ4n) is 2.83. The number of aromatic nitrogens is 3. The number of nitrogens with one attached hydrogen (secondary N) is 2. The van der Waals surface area contributed by atoms with E-state index in [1.54, 1.807) is 30.9 Å². The summed E-state index contributed by atoms with van der Waals surface area (Å²) >= 11 is 11.9. The van der Waals surface area contributed by atoms with Gasteiger partial charge in [0.05, 0.1) is 16.8 Å². The van der Waals surface area contributed by atoms with E-state index in [1.165, 1.54) is 0 Å². The highest BCUT2D eigenvalue weighted by atomic mass is 35.5. The Kier molecular flexibility index (Phi) is 5.03. The zero-order valence-corrected chi connectivity index (χ0v) is 13.9. The van der Waals surface area contributed by atoms with Crippen molar-refractivity contribution in [1.29, 1.82) is 0 Å². The highest BCUT2D eigenvalue weighted by Crippen LogP contribution is 2.28. The van der Waals surface area contributed by atoms with E-state index in [2.05, 4.69) is 20.7 Å². The number of urea groups is 1. The molecule has 1 saturated carbocycles. The summed E-state index contributed by atoms with van der Waals surface area (Å²) in [4.78, 5) is 16.1. The lowest BCUT2D eigenvalue weighted by atomic mass is 9.91. The van der Waals surface area contributed by atoms with Gasteiger partial charge in [0.1, 0.15) is 12.7 Å². The SMILES string of the molecule is O=C(Nc1ccc(Cl)cc1Cl)NC1CCC(n2cncn2)CC1. The molecule has 2 N–H and O–H groups in total. The van der Waals surface area contributed by atoms with Gasteiger partial charge in [-0.15, -0.1) is 0 Å². The molecule has 0 aliphatic heterocycles. The number of hydrogen-bond donors (Lipinski definition) is 2. The van der Waals surface area contributed by atoms with Crippen LogP contribution < -0.4 is 10.6 Å². The molecule has 1 aromatic heterocycles. The van der Waals surface area contributed by atoms with Crippen molar-refractivity contribution in [3.05, 3.63) is 40.9 Å². The zero-order valence-electron chi connectivity index (χ0n) is 12.4. The molecule has 6 nitrogen and oxygen atoms in total. The Balaban J connectivity index is 1.49. The average molecular weight is 354 g/mol. The Bertz CT molecular complexity index is 669. The molecule has 0 bridgehead atoms. The third-order valence-corrected chi connectivity index (χ3v) is 4.57. The first kappa shape index (κ1) is 16.1. The van der Waals surface area contributed by atoms with Gasteiger partial charge in [-0.2, -0.15) is 5.10 Å². The minimum absolute atomic E-state index is 0.154. The first-order valence-corrected chi connectivity index (χ1v) is 8.24. The van der Waals surface area contributed by atoms with Crippen LogP contribution in [0.4, 0.5) is 10.5 Å². The van der Waals surface area contributed by atoms with Gasteiger partial charge in [0, 0.05) is 11.1 Å². The third-order valence-electron chi connectivity index (χ3n) is 4.02. The molecule has 0 spiro atoms. The second-order valence-electron chi connectivity index (χ2n) is 5.60. The summed E-state index contributed by atoms with van der Waals surface area (Å²) in [5.74, 6) is 0. The second kappa shape index (κ2) is 7.19. The first-order valence-electron chi connectivity index (χ1n) is 7.48. The van der Waals surface area contributed by atoms with Crippen molar-refractivity contribution in [1.82, 2.24) is 20.1 Å². The van der Waals surface area contributed by atoms with Gasteiger partial charge in [0.15, 0.2) is 0 Å². The van der Waals surface area contributed by atoms with Crippen LogP contribution in [0, 0.1) is 0 Å². The molecular weight excluding hydrogens is 337 g/mol. The normalized spacial score (nSPS) is 21.0. The lowest BCUT2D eigenvalue weighted by Gasteiger charge is -2.29. The van der Waals surface area contributed by atoms with Gasteiger partial charge in [-0.3, -0.25) is 0 Å². The van der Waals surface area contributed by atoms with E-state index < -0.39 is 0 Å². The number of benzene rings is 1. The molecule has 1 heterocycles. The van der Waals surface area contributed by atoms with Crippen molar-refractivity contribution in [3.8, 4) is 0 Å². The van der Waals surface area contributed by atoms with E-state index in [1.807, 2.05) is 4.68 Å². The molecule has 2 amide bonds. The molecule has 8 heteroatoms. The van der Waals surface area contributed by atoms with E-state index in [4.69, 9.17) is 23.2 Å². The molecule has 1 aliphatic rings. The molecule has 23 heavy (non-hydrogen) atoms. The molecule has 0 atom stereocenters. The van der Waals surface area contributed by atoms with Gasteiger partial charge in [0.25, 0.3) is 0 Å². The first-order chi connectivity index (χ1) is 11.1.